The Hall–Kier alpha value is -2.96. The number of hydrogen-bond acceptors (Lipinski definition) is 7. The Kier molecular flexibility index (Phi) is 3.69. The summed E-state index contributed by atoms with van der Waals surface area (Å²) >= 11 is 0. The van der Waals surface area contributed by atoms with Crippen molar-refractivity contribution in [2.24, 2.45) is 0 Å². The topological polar surface area (TPSA) is 107 Å². The quantitative estimate of drug-likeness (QED) is 0.764. The van der Waals surface area contributed by atoms with E-state index in [4.69, 9.17) is 10.5 Å². The molecule has 7 heteroatoms. The predicted octanol–water partition coefficient (Wildman–Crippen LogP) is 2.39. The minimum Gasteiger partial charge on any atom is -0.507 e. The van der Waals surface area contributed by atoms with Gasteiger partial charge in [0.2, 0.25) is 11.8 Å². The van der Waals surface area contributed by atoms with Crippen LogP contribution in [0.25, 0.3) is 22.4 Å². The maximum Gasteiger partial charge on any atom is 0.247 e. The second kappa shape index (κ2) is 5.68. The van der Waals surface area contributed by atoms with Crippen molar-refractivity contribution in [3.05, 3.63) is 29.5 Å². The van der Waals surface area contributed by atoms with Crippen LogP contribution in [0.2, 0.25) is 0 Å². The maximum atomic E-state index is 9.90. The van der Waals surface area contributed by atoms with Gasteiger partial charge in [-0.3, -0.25) is 0 Å². The number of nitrogens with two attached hydrogens (primary N) is 1. The molecule has 7 nitrogen and oxygen atoms in total. The van der Waals surface area contributed by atoms with Crippen LogP contribution in [0, 0.1) is 13.8 Å². The van der Waals surface area contributed by atoms with E-state index in [9.17, 15) is 5.11 Å². The Bertz CT molecular complexity index is 872. The van der Waals surface area contributed by atoms with Gasteiger partial charge in [0.25, 0.3) is 0 Å². The predicted molar refractivity (Wildman–Crippen MR) is 87.3 cm³/mol. The number of hydrogen-bond donors (Lipinski definition) is 2. The third-order valence-electron chi connectivity index (χ3n) is 3.46. The zero-order valence-electron chi connectivity index (χ0n) is 13.2. The largest absolute Gasteiger partial charge is 0.507 e. The normalized spacial score (nSPS) is 10.9. The summed E-state index contributed by atoms with van der Waals surface area (Å²) in [7, 11) is 0. The van der Waals surface area contributed by atoms with Crippen molar-refractivity contribution in [1.29, 1.82) is 0 Å². The summed E-state index contributed by atoms with van der Waals surface area (Å²) in [5, 5.41) is 9.90. The van der Waals surface area contributed by atoms with E-state index in [2.05, 4.69) is 19.9 Å². The first-order valence-corrected chi connectivity index (χ1v) is 7.23. The minimum absolute atomic E-state index is 0.0966. The first-order chi connectivity index (χ1) is 11.0. The zero-order valence-corrected chi connectivity index (χ0v) is 13.2. The van der Waals surface area contributed by atoms with Crippen molar-refractivity contribution < 1.29 is 9.84 Å². The summed E-state index contributed by atoms with van der Waals surface area (Å²) in [5.41, 5.74) is 9.57. The highest BCUT2D eigenvalue weighted by molar-refractivity contribution is 5.79. The molecule has 0 bridgehead atoms. The lowest BCUT2D eigenvalue weighted by molar-refractivity contribution is 0.330. The molecule has 3 rings (SSSR count). The molecule has 0 spiro atoms. The van der Waals surface area contributed by atoms with Gasteiger partial charge in [-0.05, 0) is 44.0 Å². The summed E-state index contributed by atoms with van der Waals surface area (Å²) < 4.78 is 5.48. The van der Waals surface area contributed by atoms with Gasteiger partial charge in [-0.15, -0.1) is 0 Å². The van der Waals surface area contributed by atoms with Crippen LogP contribution < -0.4 is 10.5 Å². The van der Waals surface area contributed by atoms with E-state index in [1.165, 1.54) is 0 Å². The van der Waals surface area contributed by atoms with E-state index in [0.29, 0.717) is 29.3 Å². The molecule has 0 aliphatic carbocycles. The lowest BCUT2D eigenvalue weighted by atomic mass is 10.0. The number of phenols is 1. The van der Waals surface area contributed by atoms with Crippen LogP contribution in [0.15, 0.2) is 18.3 Å². The van der Waals surface area contributed by atoms with E-state index in [1.807, 2.05) is 32.9 Å². The fourth-order valence-corrected chi connectivity index (χ4v) is 2.38. The SMILES string of the molecule is CCOc1nc(N)nc2ncc(-c3cc(C)c(O)c(C)c3)nc12. The van der Waals surface area contributed by atoms with Gasteiger partial charge >= 0.3 is 0 Å². The second-order valence-corrected chi connectivity index (χ2v) is 5.21. The molecule has 3 aromatic rings. The Morgan fingerprint density at radius 2 is 1.83 bits per heavy atom. The number of aryl methyl sites for hydroxylation is 2. The van der Waals surface area contributed by atoms with Crippen molar-refractivity contribution in [2.45, 2.75) is 20.8 Å². The average molecular weight is 311 g/mol. The molecular weight excluding hydrogens is 294 g/mol. The number of ether oxygens (including phenoxy) is 1. The monoisotopic (exact) mass is 311 g/mol. The van der Waals surface area contributed by atoms with Crippen molar-refractivity contribution in [3.63, 3.8) is 0 Å². The second-order valence-electron chi connectivity index (χ2n) is 5.21. The number of anilines is 1. The van der Waals surface area contributed by atoms with Crippen LogP contribution in [-0.4, -0.2) is 31.6 Å². The first-order valence-electron chi connectivity index (χ1n) is 7.23. The van der Waals surface area contributed by atoms with Crippen LogP contribution in [0.5, 0.6) is 11.6 Å². The van der Waals surface area contributed by atoms with Gasteiger partial charge < -0.3 is 15.6 Å². The van der Waals surface area contributed by atoms with Gasteiger partial charge in [0.15, 0.2) is 11.2 Å². The number of benzene rings is 1. The third kappa shape index (κ3) is 2.73. The fraction of sp³-hybridized carbons (Fsp3) is 0.250. The Labute approximate surface area is 133 Å². The molecule has 0 saturated carbocycles. The van der Waals surface area contributed by atoms with Crippen LogP contribution in [0.4, 0.5) is 5.95 Å². The molecular formula is C16H17N5O2. The summed E-state index contributed by atoms with van der Waals surface area (Å²) in [6.07, 6.45) is 1.62. The van der Waals surface area contributed by atoms with E-state index < -0.39 is 0 Å². The molecule has 0 saturated heterocycles. The van der Waals surface area contributed by atoms with Gasteiger partial charge in [0.1, 0.15) is 5.75 Å². The molecule has 0 radical (unpaired) electrons. The van der Waals surface area contributed by atoms with Crippen LogP contribution in [0.1, 0.15) is 18.1 Å². The van der Waals surface area contributed by atoms with Gasteiger partial charge in [-0.25, -0.2) is 9.97 Å². The van der Waals surface area contributed by atoms with Gasteiger partial charge in [-0.2, -0.15) is 9.97 Å². The Balaban J connectivity index is 2.20. The van der Waals surface area contributed by atoms with Gasteiger partial charge in [-0.1, -0.05) is 0 Å². The molecule has 23 heavy (non-hydrogen) atoms. The molecule has 0 unspecified atom stereocenters. The van der Waals surface area contributed by atoms with Crippen LogP contribution in [-0.2, 0) is 0 Å². The lowest BCUT2D eigenvalue weighted by Gasteiger charge is -2.09. The van der Waals surface area contributed by atoms with E-state index in [0.717, 1.165) is 16.7 Å². The highest BCUT2D eigenvalue weighted by Gasteiger charge is 2.13. The third-order valence-corrected chi connectivity index (χ3v) is 3.46. The number of nitrogen functional groups attached to an aromatic ring is 1. The minimum atomic E-state index is 0.0966. The molecule has 0 aliphatic rings. The van der Waals surface area contributed by atoms with Gasteiger partial charge in [0, 0.05) is 5.56 Å². The zero-order chi connectivity index (χ0) is 16.6. The number of aromatic hydroxyl groups is 1. The fourth-order valence-electron chi connectivity index (χ4n) is 2.38. The van der Waals surface area contributed by atoms with Crippen molar-refractivity contribution in [3.8, 4) is 22.9 Å². The van der Waals surface area contributed by atoms with Crippen LogP contribution in [0.3, 0.4) is 0 Å². The molecule has 0 atom stereocenters. The number of aromatic nitrogens is 4. The number of fused-ring (bicyclic) bond motifs is 1. The molecule has 118 valence electrons. The summed E-state index contributed by atoms with van der Waals surface area (Å²) in [5.74, 6) is 0.699. The van der Waals surface area contributed by atoms with Gasteiger partial charge in [0.05, 0.1) is 18.5 Å². The lowest BCUT2D eigenvalue weighted by Crippen LogP contribution is -2.04. The highest BCUT2D eigenvalue weighted by Crippen LogP contribution is 2.29. The summed E-state index contributed by atoms with van der Waals surface area (Å²) in [4.78, 5) is 17.0. The van der Waals surface area contributed by atoms with Crippen molar-refractivity contribution in [1.82, 2.24) is 19.9 Å². The maximum absolute atomic E-state index is 9.90. The standard InChI is InChI=1S/C16H17N5O2/c1-4-23-15-12-14(20-16(17)21-15)18-7-11(19-12)10-5-8(2)13(22)9(3)6-10/h5-7,22H,4H2,1-3H3,(H2,17,18,20,21). The first kappa shape index (κ1) is 15.0. The number of nitrogens with zero attached hydrogens (tertiary/aromatic N) is 4. The molecule has 2 heterocycles. The average Bonchev–Trinajstić information content (AvgIpc) is 2.52. The van der Waals surface area contributed by atoms with Crippen molar-refractivity contribution in [2.75, 3.05) is 12.3 Å². The number of rotatable bonds is 3. The van der Waals surface area contributed by atoms with Crippen LogP contribution >= 0.6 is 0 Å². The highest BCUT2D eigenvalue weighted by atomic mass is 16.5. The molecule has 2 aromatic heterocycles. The molecule has 1 aromatic carbocycles. The number of phenolic OH excluding ortho intramolecular Hbond substituents is 1. The smallest absolute Gasteiger partial charge is 0.247 e. The van der Waals surface area contributed by atoms with Crippen molar-refractivity contribution >= 4 is 17.1 Å². The molecule has 3 N–H and O–H groups in total. The summed E-state index contributed by atoms with van der Waals surface area (Å²) in [6, 6.07) is 3.72. The van der Waals surface area contributed by atoms with E-state index in [1.54, 1.807) is 6.20 Å². The Morgan fingerprint density at radius 3 is 2.48 bits per heavy atom. The molecule has 0 amide bonds. The molecule has 0 fully saturated rings. The summed E-state index contributed by atoms with van der Waals surface area (Å²) in [6.45, 7) is 5.98. The molecule has 0 aliphatic heterocycles. The Morgan fingerprint density at radius 1 is 1.13 bits per heavy atom. The van der Waals surface area contributed by atoms with E-state index in [-0.39, 0.29) is 11.7 Å². The van der Waals surface area contributed by atoms with E-state index >= 15 is 0 Å².